The largest absolute Gasteiger partial charge is 0.354 e. The zero-order chi connectivity index (χ0) is 27.5. The first-order chi connectivity index (χ1) is 18.2. The Hall–Kier alpha value is -3.72. The molecule has 9 heteroatoms. The van der Waals surface area contributed by atoms with Gasteiger partial charge in [-0.15, -0.1) is 11.8 Å². The number of non-ortho nitro benzene ring substituents is 1. The van der Waals surface area contributed by atoms with E-state index in [1.165, 1.54) is 34.9 Å². The number of rotatable bonds is 13. The molecule has 0 saturated heterocycles. The van der Waals surface area contributed by atoms with Crippen LogP contribution in [0.15, 0.2) is 78.9 Å². The Morgan fingerprint density at radius 1 is 0.974 bits per heavy atom. The normalized spacial score (nSPS) is 11.7. The number of carbonyl (C=O) groups excluding carboxylic acids is 2. The molecule has 0 saturated carbocycles. The van der Waals surface area contributed by atoms with Crippen LogP contribution in [-0.4, -0.2) is 40.0 Å². The highest BCUT2D eigenvalue weighted by molar-refractivity contribution is 7.99. The zero-order valence-electron chi connectivity index (χ0n) is 21.5. The van der Waals surface area contributed by atoms with Crippen LogP contribution in [0.2, 0.25) is 0 Å². The van der Waals surface area contributed by atoms with Gasteiger partial charge >= 0.3 is 0 Å². The standard InChI is InChI=1S/C29H32FN3O4S/c1-21(2)17-31-29(35)27(16-22-8-4-3-5-9-22)32(18-24-10-6-7-11-26(24)30)28(34)20-38-19-23-12-14-25(15-13-23)33(36)37/h3-15,21,27H,16-20H2,1-2H3,(H,31,35). The van der Waals surface area contributed by atoms with Gasteiger partial charge in [0.15, 0.2) is 0 Å². The van der Waals surface area contributed by atoms with Crippen molar-refractivity contribution in [3.05, 3.63) is 111 Å². The molecule has 0 spiro atoms. The number of hydrogen-bond donors (Lipinski definition) is 1. The quantitative estimate of drug-likeness (QED) is 0.233. The number of nitro groups is 1. The topological polar surface area (TPSA) is 92.6 Å². The van der Waals surface area contributed by atoms with Crippen molar-refractivity contribution in [3.8, 4) is 0 Å². The highest BCUT2D eigenvalue weighted by atomic mass is 32.2. The summed E-state index contributed by atoms with van der Waals surface area (Å²) in [6, 6.07) is 21.0. The summed E-state index contributed by atoms with van der Waals surface area (Å²) in [7, 11) is 0. The van der Waals surface area contributed by atoms with E-state index in [1.54, 1.807) is 30.3 Å². The number of halogens is 1. The third-order valence-corrected chi connectivity index (χ3v) is 6.88. The second-order valence-corrected chi connectivity index (χ2v) is 10.4. The van der Waals surface area contributed by atoms with Crippen LogP contribution in [0, 0.1) is 21.8 Å². The Morgan fingerprint density at radius 3 is 2.26 bits per heavy atom. The van der Waals surface area contributed by atoms with Gasteiger partial charge in [0.1, 0.15) is 11.9 Å². The fourth-order valence-corrected chi connectivity index (χ4v) is 4.71. The van der Waals surface area contributed by atoms with Crippen LogP contribution < -0.4 is 5.32 Å². The minimum Gasteiger partial charge on any atom is -0.354 e. The molecule has 1 atom stereocenters. The molecule has 1 N–H and O–H groups in total. The third kappa shape index (κ3) is 8.69. The van der Waals surface area contributed by atoms with Gasteiger partial charge in [-0.1, -0.05) is 74.5 Å². The van der Waals surface area contributed by atoms with Crippen LogP contribution in [-0.2, 0) is 28.3 Å². The molecule has 3 aromatic rings. The number of thioether (sulfide) groups is 1. The van der Waals surface area contributed by atoms with Gasteiger partial charge in [-0.05, 0) is 23.1 Å². The smallest absolute Gasteiger partial charge is 0.269 e. The van der Waals surface area contributed by atoms with Gasteiger partial charge in [-0.2, -0.15) is 0 Å². The molecular formula is C29H32FN3O4S. The number of nitrogens with one attached hydrogen (secondary N) is 1. The molecule has 0 aliphatic carbocycles. The molecular weight excluding hydrogens is 505 g/mol. The molecule has 200 valence electrons. The molecule has 0 aliphatic heterocycles. The molecule has 0 aromatic heterocycles. The van der Waals surface area contributed by atoms with E-state index in [1.807, 2.05) is 44.2 Å². The van der Waals surface area contributed by atoms with E-state index in [-0.39, 0.29) is 42.1 Å². The van der Waals surface area contributed by atoms with Crippen molar-refractivity contribution >= 4 is 29.3 Å². The van der Waals surface area contributed by atoms with Gasteiger partial charge in [0.25, 0.3) is 5.69 Å². The molecule has 38 heavy (non-hydrogen) atoms. The Labute approximate surface area is 226 Å². The van der Waals surface area contributed by atoms with Crippen LogP contribution >= 0.6 is 11.8 Å². The lowest BCUT2D eigenvalue weighted by molar-refractivity contribution is -0.384. The summed E-state index contributed by atoms with van der Waals surface area (Å²) in [5, 5.41) is 13.8. The van der Waals surface area contributed by atoms with Gasteiger partial charge in [-0.25, -0.2) is 4.39 Å². The first-order valence-electron chi connectivity index (χ1n) is 12.4. The Morgan fingerprint density at radius 2 is 1.63 bits per heavy atom. The van der Waals surface area contributed by atoms with Crippen molar-refractivity contribution in [1.29, 1.82) is 0 Å². The summed E-state index contributed by atoms with van der Waals surface area (Å²) in [5.74, 6) is -0.267. The Kier molecular flexibility index (Phi) is 10.8. The van der Waals surface area contributed by atoms with Crippen LogP contribution in [0.1, 0.15) is 30.5 Å². The molecule has 0 bridgehead atoms. The van der Waals surface area contributed by atoms with Gasteiger partial charge in [0.05, 0.1) is 10.7 Å². The van der Waals surface area contributed by atoms with E-state index in [0.717, 1.165) is 11.1 Å². The van der Waals surface area contributed by atoms with Crippen molar-refractivity contribution in [3.63, 3.8) is 0 Å². The summed E-state index contributed by atoms with van der Waals surface area (Å²) in [6.45, 7) is 4.39. The molecule has 0 fully saturated rings. The van der Waals surface area contributed by atoms with Crippen molar-refractivity contribution in [1.82, 2.24) is 10.2 Å². The lowest BCUT2D eigenvalue weighted by Gasteiger charge is -2.32. The highest BCUT2D eigenvalue weighted by Crippen LogP contribution is 2.21. The second-order valence-electron chi connectivity index (χ2n) is 9.37. The van der Waals surface area contributed by atoms with Gasteiger partial charge < -0.3 is 10.2 Å². The SMILES string of the molecule is CC(C)CNC(=O)C(Cc1ccccc1)N(Cc1ccccc1F)C(=O)CSCc1ccc([N+](=O)[O-])cc1. The summed E-state index contributed by atoms with van der Waals surface area (Å²) < 4.78 is 14.6. The summed E-state index contributed by atoms with van der Waals surface area (Å²) in [4.78, 5) is 38.9. The van der Waals surface area contributed by atoms with Crippen LogP contribution in [0.3, 0.4) is 0 Å². The highest BCUT2D eigenvalue weighted by Gasteiger charge is 2.30. The minimum absolute atomic E-state index is 0.00190. The van der Waals surface area contributed by atoms with E-state index in [0.29, 0.717) is 17.9 Å². The zero-order valence-corrected chi connectivity index (χ0v) is 22.3. The average Bonchev–Trinajstić information content (AvgIpc) is 2.91. The van der Waals surface area contributed by atoms with E-state index in [2.05, 4.69) is 5.32 Å². The van der Waals surface area contributed by atoms with Crippen molar-refractivity contribution in [2.45, 2.75) is 38.6 Å². The maximum Gasteiger partial charge on any atom is 0.269 e. The molecule has 2 amide bonds. The number of hydrogen-bond acceptors (Lipinski definition) is 5. The molecule has 0 heterocycles. The molecule has 1 unspecified atom stereocenters. The first kappa shape index (κ1) is 28.8. The summed E-state index contributed by atoms with van der Waals surface area (Å²) in [6.07, 6.45) is 0.290. The van der Waals surface area contributed by atoms with Crippen LogP contribution in [0.5, 0.6) is 0 Å². The number of nitrogens with zero attached hydrogens (tertiary/aromatic N) is 2. The van der Waals surface area contributed by atoms with Crippen molar-refractivity contribution in [2.24, 2.45) is 5.92 Å². The maximum atomic E-state index is 14.6. The third-order valence-electron chi connectivity index (χ3n) is 5.90. The van der Waals surface area contributed by atoms with E-state index >= 15 is 0 Å². The lowest BCUT2D eigenvalue weighted by atomic mass is 10.0. The minimum atomic E-state index is -0.830. The van der Waals surface area contributed by atoms with E-state index < -0.39 is 16.8 Å². The number of benzene rings is 3. The molecule has 7 nitrogen and oxygen atoms in total. The van der Waals surface area contributed by atoms with Crippen LogP contribution in [0.25, 0.3) is 0 Å². The fraction of sp³-hybridized carbons (Fsp3) is 0.310. The Balaban J connectivity index is 1.82. The van der Waals surface area contributed by atoms with E-state index in [4.69, 9.17) is 0 Å². The molecule has 3 rings (SSSR count). The number of carbonyl (C=O) groups is 2. The molecule has 0 radical (unpaired) electrons. The van der Waals surface area contributed by atoms with Gasteiger partial charge in [0.2, 0.25) is 11.8 Å². The lowest BCUT2D eigenvalue weighted by Crippen LogP contribution is -2.51. The van der Waals surface area contributed by atoms with E-state index in [9.17, 15) is 24.1 Å². The predicted octanol–water partition coefficient (Wildman–Crippen LogP) is 5.38. The average molecular weight is 538 g/mol. The summed E-state index contributed by atoms with van der Waals surface area (Å²) >= 11 is 1.34. The predicted molar refractivity (Wildman–Crippen MR) is 148 cm³/mol. The summed E-state index contributed by atoms with van der Waals surface area (Å²) in [5.41, 5.74) is 2.06. The molecule has 3 aromatic carbocycles. The number of nitro benzene ring substituents is 1. The van der Waals surface area contributed by atoms with Gasteiger partial charge in [-0.3, -0.25) is 19.7 Å². The fourth-order valence-electron chi connectivity index (χ4n) is 3.84. The Bertz CT molecular complexity index is 1220. The second kappa shape index (κ2) is 14.3. The van der Waals surface area contributed by atoms with Gasteiger partial charge in [0, 0.05) is 43.0 Å². The van der Waals surface area contributed by atoms with Crippen molar-refractivity contribution < 1.29 is 18.9 Å². The molecule has 0 aliphatic rings. The maximum absolute atomic E-state index is 14.6. The van der Waals surface area contributed by atoms with Crippen molar-refractivity contribution in [2.75, 3.05) is 12.3 Å². The first-order valence-corrected chi connectivity index (χ1v) is 13.6. The number of amides is 2. The van der Waals surface area contributed by atoms with Crippen LogP contribution in [0.4, 0.5) is 10.1 Å². The monoisotopic (exact) mass is 537 g/mol.